The number of anilines is 1. The summed E-state index contributed by atoms with van der Waals surface area (Å²) in [7, 11) is 0. The van der Waals surface area contributed by atoms with E-state index in [1.54, 1.807) is 59.4 Å². The highest BCUT2D eigenvalue weighted by molar-refractivity contribution is 6.05. The summed E-state index contributed by atoms with van der Waals surface area (Å²) in [5.74, 6) is -0.225. The number of rotatable bonds is 6. The zero-order chi connectivity index (χ0) is 25.2. The number of nitrogens with zero attached hydrogens (tertiary/aromatic N) is 7. The molecule has 0 aliphatic rings. The monoisotopic (exact) mass is 482 g/mol. The van der Waals surface area contributed by atoms with Crippen molar-refractivity contribution in [2.75, 3.05) is 5.32 Å². The molecule has 0 fully saturated rings. The number of fused-ring (bicyclic) bond motifs is 1. The fraction of sp³-hybridized carbons (Fsp3) is 0. The smallest absolute Gasteiger partial charge is 0.277 e. The number of nitro groups is 2. The molecule has 13 heteroatoms. The Morgan fingerprint density at radius 3 is 2.31 bits per heavy atom. The minimum Gasteiger partial charge on any atom is -0.322 e. The molecule has 0 aliphatic heterocycles. The van der Waals surface area contributed by atoms with Crippen LogP contribution >= 0.6 is 0 Å². The molecule has 176 valence electrons. The molecule has 5 rings (SSSR count). The summed E-state index contributed by atoms with van der Waals surface area (Å²) in [6.07, 6.45) is 3.30. The molecule has 3 heterocycles. The van der Waals surface area contributed by atoms with Gasteiger partial charge in [0.25, 0.3) is 17.3 Å². The molecule has 0 aliphatic carbocycles. The van der Waals surface area contributed by atoms with E-state index in [2.05, 4.69) is 25.6 Å². The Morgan fingerprint density at radius 2 is 1.61 bits per heavy atom. The van der Waals surface area contributed by atoms with Gasteiger partial charge in [-0.2, -0.15) is 9.61 Å². The van der Waals surface area contributed by atoms with E-state index in [0.29, 0.717) is 28.4 Å². The zero-order valence-corrected chi connectivity index (χ0v) is 18.2. The van der Waals surface area contributed by atoms with Gasteiger partial charge in [0.15, 0.2) is 11.5 Å². The van der Waals surface area contributed by atoms with E-state index in [4.69, 9.17) is 0 Å². The van der Waals surface area contributed by atoms with E-state index < -0.39 is 27.1 Å². The maximum atomic E-state index is 12.8. The predicted molar refractivity (Wildman–Crippen MR) is 127 cm³/mol. The molecule has 0 bridgehead atoms. The highest BCUT2D eigenvalue weighted by atomic mass is 16.6. The Bertz CT molecular complexity index is 1620. The number of pyridine rings is 1. The van der Waals surface area contributed by atoms with Crippen LogP contribution in [0.5, 0.6) is 0 Å². The lowest BCUT2D eigenvalue weighted by molar-refractivity contribution is -0.394. The Balaban J connectivity index is 1.46. The summed E-state index contributed by atoms with van der Waals surface area (Å²) in [6, 6.07) is 16.6. The van der Waals surface area contributed by atoms with Gasteiger partial charge in [-0.3, -0.25) is 30.0 Å². The number of carbonyl (C=O) groups is 1. The van der Waals surface area contributed by atoms with Crippen molar-refractivity contribution in [1.29, 1.82) is 0 Å². The number of non-ortho nitro benzene ring substituents is 2. The van der Waals surface area contributed by atoms with Gasteiger partial charge in [0.1, 0.15) is 0 Å². The highest BCUT2D eigenvalue weighted by Gasteiger charge is 2.20. The van der Waals surface area contributed by atoms with E-state index in [1.807, 2.05) is 6.07 Å². The molecule has 0 atom stereocenters. The molecule has 1 amide bonds. The van der Waals surface area contributed by atoms with Crippen molar-refractivity contribution in [3.63, 3.8) is 0 Å². The van der Waals surface area contributed by atoms with Gasteiger partial charge in [0, 0.05) is 41.3 Å². The van der Waals surface area contributed by atoms with Crippen LogP contribution in [0.1, 0.15) is 10.4 Å². The summed E-state index contributed by atoms with van der Waals surface area (Å²) in [4.78, 5) is 37.5. The number of aromatic nitrogens is 5. The third-order valence-corrected chi connectivity index (χ3v) is 5.19. The number of benzene rings is 2. The van der Waals surface area contributed by atoms with E-state index in [-0.39, 0.29) is 5.56 Å². The largest absolute Gasteiger partial charge is 0.322 e. The Labute approximate surface area is 201 Å². The molecule has 5 aromatic rings. The molecular weight excluding hydrogens is 468 g/mol. The van der Waals surface area contributed by atoms with Crippen LogP contribution in [0.3, 0.4) is 0 Å². The maximum absolute atomic E-state index is 12.8. The normalized spacial score (nSPS) is 10.8. The van der Waals surface area contributed by atoms with Gasteiger partial charge in [-0.25, -0.2) is 0 Å². The number of hydrogen-bond donors (Lipinski definition) is 1. The van der Waals surface area contributed by atoms with Crippen molar-refractivity contribution >= 4 is 28.6 Å². The minimum absolute atomic E-state index is 0.216. The van der Waals surface area contributed by atoms with Crippen LogP contribution in [0.4, 0.5) is 17.1 Å². The van der Waals surface area contributed by atoms with Crippen LogP contribution in [-0.2, 0) is 0 Å². The lowest BCUT2D eigenvalue weighted by atomic mass is 10.1. The van der Waals surface area contributed by atoms with Gasteiger partial charge < -0.3 is 5.32 Å². The highest BCUT2D eigenvalue weighted by Crippen LogP contribution is 2.26. The summed E-state index contributed by atoms with van der Waals surface area (Å²) in [5.41, 5.74) is 1.53. The molecule has 0 spiro atoms. The third-order valence-electron chi connectivity index (χ3n) is 5.19. The van der Waals surface area contributed by atoms with Crippen molar-refractivity contribution in [2.24, 2.45) is 0 Å². The van der Waals surface area contributed by atoms with Crippen molar-refractivity contribution in [1.82, 2.24) is 24.8 Å². The lowest BCUT2D eigenvalue weighted by Gasteiger charge is -2.08. The van der Waals surface area contributed by atoms with Gasteiger partial charge in [-0.15, -0.1) is 10.2 Å². The Morgan fingerprint density at radius 1 is 0.861 bits per heavy atom. The second-order valence-electron chi connectivity index (χ2n) is 7.54. The molecule has 13 nitrogen and oxygen atoms in total. The Hall–Kier alpha value is -5.59. The fourth-order valence-electron chi connectivity index (χ4n) is 3.51. The van der Waals surface area contributed by atoms with Gasteiger partial charge in [-0.05, 0) is 36.4 Å². The van der Waals surface area contributed by atoms with Gasteiger partial charge in [0.2, 0.25) is 0 Å². The number of nitro benzene ring substituents is 2. The molecule has 3 aromatic heterocycles. The first-order chi connectivity index (χ1) is 17.4. The molecule has 0 saturated heterocycles. The topological polar surface area (TPSA) is 171 Å². The second kappa shape index (κ2) is 8.98. The maximum Gasteiger partial charge on any atom is 0.277 e. The summed E-state index contributed by atoms with van der Waals surface area (Å²) in [5, 5.41) is 37.8. The quantitative estimate of drug-likeness (QED) is 0.278. The average Bonchev–Trinajstić information content (AvgIpc) is 3.32. The van der Waals surface area contributed by atoms with Crippen LogP contribution in [0.15, 0.2) is 79.1 Å². The van der Waals surface area contributed by atoms with E-state index >= 15 is 0 Å². The van der Waals surface area contributed by atoms with Crippen LogP contribution in [0.25, 0.3) is 28.3 Å². The number of amides is 1. The van der Waals surface area contributed by atoms with Crippen molar-refractivity contribution < 1.29 is 14.6 Å². The zero-order valence-electron chi connectivity index (χ0n) is 18.2. The van der Waals surface area contributed by atoms with Crippen molar-refractivity contribution in [3.8, 4) is 22.6 Å². The molecule has 0 radical (unpaired) electrons. The molecule has 0 unspecified atom stereocenters. The van der Waals surface area contributed by atoms with Gasteiger partial charge >= 0.3 is 0 Å². The summed E-state index contributed by atoms with van der Waals surface area (Å²) in [6.45, 7) is 0. The molecule has 36 heavy (non-hydrogen) atoms. The van der Waals surface area contributed by atoms with Crippen LogP contribution < -0.4 is 5.32 Å². The van der Waals surface area contributed by atoms with E-state index in [9.17, 15) is 25.0 Å². The summed E-state index contributed by atoms with van der Waals surface area (Å²) >= 11 is 0. The molecule has 0 saturated carbocycles. The number of hydrogen-bond acceptors (Lipinski definition) is 9. The first-order valence-corrected chi connectivity index (χ1v) is 10.4. The third kappa shape index (κ3) is 4.31. The second-order valence-corrected chi connectivity index (χ2v) is 7.54. The van der Waals surface area contributed by atoms with Crippen LogP contribution in [-0.4, -0.2) is 40.5 Å². The lowest BCUT2D eigenvalue weighted by Crippen LogP contribution is -2.12. The van der Waals surface area contributed by atoms with Gasteiger partial charge in [0.05, 0.1) is 27.2 Å². The average molecular weight is 482 g/mol. The van der Waals surface area contributed by atoms with Crippen molar-refractivity contribution in [3.05, 3.63) is 105 Å². The number of nitrogens with one attached hydrogen (secondary N) is 1. The SMILES string of the molecule is O=C(Nc1cccc(-c2ccc3nnc(-c4cccnc4)n3n2)c1)c1cc([N+](=O)[O-])cc([N+](=O)[O-])c1. The van der Waals surface area contributed by atoms with E-state index in [1.165, 1.54) is 0 Å². The standard InChI is InChI=1S/C23H14N8O5/c32-23(16-10-18(30(33)34)12-19(11-16)31(35)36)25-17-5-1-3-14(9-17)20-6-7-21-26-27-22(29(21)28-20)15-4-2-8-24-13-15/h1-13H,(H,25,32). The molecular formula is C23H14N8O5. The first kappa shape index (κ1) is 22.2. The summed E-state index contributed by atoms with van der Waals surface area (Å²) < 4.78 is 1.58. The van der Waals surface area contributed by atoms with Crippen LogP contribution in [0, 0.1) is 20.2 Å². The van der Waals surface area contributed by atoms with Crippen LogP contribution in [0.2, 0.25) is 0 Å². The molecule has 1 N–H and O–H groups in total. The fourth-order valence-corrected chi connectivity index (χ4v) is 3.51. The number of carbonyl (C=O) groups excluding carboxylic acids is 1. The van der Waals surface area contributed by atoms with Gasteiger partial charge in [-0.1, -0.05) is 12.1 Å². The minimum atomic E-state index is -0.795. The first-order valence-electron chi connectivity index (χ1n) is 10.4. The van der Waals surface area contributed by atoms with Crippen molar-refractivity contribution in [2.45, 2.75) is 0 Å². The van der Waals surface area contributed by atoms with E-state index in [0.717, 1.165) is 23.8 Å². The predicted octanol–water partition coefficient (Wildman–Crippen LogP) is 3.92. The Kier molecular flexibility index (Phi) is 5.54. The molecule has 2 aromatic carbocycles.